The number of likely N-dealkylation sites (tertiary alicyclic amines) is 1. The van der Waals surface area contributed by atoms with Crippen LogP contribution in [0.15, 0.2) is 30.2 Å². The number of likely N-dealkylation sites (N-methyl/N-ethyl adjacent to an activating group) is 1. The first-order chi connectivity index (χ1) is 11.1. The highest BCUT2D eigenvalue weighted by Gasteiger charge is 2.49. The SMILES string of the molecule is C=CCN1CCN(C)C2(CCN(C(=O)c3cccs3)CC2)C1=O. The first kappa shape index (κ1) is 16.2. The molecule has 0 saturated carbocycles. The second-order valence-electron chi connectivity index (χ2n) is 6.26. The molecule has 5 nitrogen and oxygen atoms in total. The summed E-state index contributed by atoms with van der Waals surface area (Å²) < 4.78 is 0. The Kier molecular flexibility index (Phi) is 4.55. The molecule has 6 heteroatoms. The maximum atomic E-state index is 12.9. The first-order valence-corrected chi connectivity index (χ1v) is 8.91. The van der Waals surface area contributed by atoms with Crippen molar-refractivity contribution in [3.05, 3.63) is 35.0 Å². The molecule has 1 aromatic heterocycles. The van der Waals surface area contributed by atoms with Crippen molar-refractivity contribution in [3.63, 3.8) is 0 Å². The van der Waals surface area contributed by atoms with E-state index in [0.29, 0.717) is 32.5 Å². The van der Waals surface area contributed by atoms with E-state index < -0.39 is 5.54 Å². The molecule has 0 aliphatic carbocycles. The van der Waals surface area contributed by atoms with Gasteiger partial charge in [0, 0.05) is 32.7 Å². The molecular weight excluding hydrogens is 310 g/mol. The molecule has 0 atom stereocenters. The molecule has 124 valence electrons. The summed E-state index contributed by atoms with van der Waals surface area (Å²) in [5.74, 6) is 0.276. The summed E-state index contributed by atoms with van der Waals surface area (Å²) >= 11 is 1.47. The molecule has 3 heterocycles. The summed E-state index contributed by atoms with van der Waals surface area (Å²) in [6.45, 7) is 7.24. The highest BCUT2D eigenvalue weighted by atomic mass is 32.1. The van der Waals surface area contributed by atoms with E-state index in [1.165, 1.54) is 11.3 Å². The van der Waals surface area contributed by atoms with Gasteiger partial charge in [0.25, 0.3) is 5.91 Å². The van der Waals surface area contributed by atoms with Crippen LogP contribution in [0.2, 0.25) is 0 Å². The smallest absolute Gasteiger partial charge is 0.263 e. The monoisotopic (exact) mass is 333 g/mol. The summed E-state index contributed by atoms with van der Waals surface area (Å²) in [6, 6.07) is 3.76. The third-order valence-corrected chi connectivity index (χ3v) is 5.94. The van der Waals surface area contributed by atoms with Crippen molar-refractivity contribution in [3.8, 4) is 0 Å². The second-order valence-corrected chi connectivity index (χ2v) is 7.21. The molecule has 2 aliphatic rings. The number of piperazine rings is 1. The van der Waals surface area contributed by atoms with Crippen molar-refractivity contribution in [2.45, 2.75) is 18.4 Å². The Morgan fingerprint density at radius 3 is 2.70 bits per heavy atom. The van der Waals surface area contributed by atoms with Crippen LogP contribution in [0.25, 0.3) is 0 Å². The van der Waals surface area contributed by atoms with Crippen molar-refractivity contribution in [2.75, 3.05) is 39.8 Å². The molecule has 0 unspecified atom stereocenters. The van der Waals surface area contributed by atoms with Gasteiger partial charge < -0.3 is 9.80 Å². The van der Waals surface area contributed by atoms with Crippen molar-refractivity contribution in [1.29, 1.82) is 0 Å². The van der Waals surface area contributed by atoms with E-state index in [4.69, 9.17) is 0 Å². The maximum absolute atomic E-state index is 12.9. The van der Waals surface area contributed by atoms with Gasteiger partial charge in [0.1, 0.15) is 5.54 Å². The predicted molar refractivity (Wildman–Crippen MR) is 91.6 cm³/mol. The van der Waals surface area contributed by atoms with E-state index in [0.717, 1.165) is 18.0 Å². The van der Waals surface area contributed by atoms with Crippen molar-refractivity contribution in [1.82, 2.24) is 14.7 Å². The molecule has 3 rings (SSSR count). The molecule has 0 bridgehead atoms. The van der Waals surface area contributed by atoms with E-state index >= 15 is 0 Å². The van der Waals surface area contributed by atoms with Gasteiger partial charge in [0.15, 0.2) is 0 Å². The van der Waals surface area contributed by atoms with Crippen LogP contribution in [0.3, 0.4) is 0 Å². The van der Waals surface area contributed by atoms with E-state index in [1.807, 2.05) is 34.4 Å². The molecule has 0 aromatic carbocycles. The van der Waals surface area contributed by atoms with Crippen molar-refractivity contribution >= 4 is 23.2 Å². The van der Waals surface area contributed by atoms with Gasteiger partial charge in [-0.1, -0.05) is 12.1 Å². The lowest BCUT2D eigenvalue weighted by atomic mass is 9.82. The highest BCUT2D eigenvalue weighted by molar-refractivity contribution is 7.12. The number of carbonyl (C=O) groups excluding carboxylic acids is 2. The number of thiophene rings is 1. The minimum absolute atomic E-state index is 0.0868. The fourth-order valence-electron chi connectivity index (χ4n) is 3.61. The number of hydrogen-bond acceptors (Lipinski definition) is 4. The lowest BCUT2D eigenvalue weighted by Crippen LogP contribution is -2.67. The fourth-order valence-corrected chi connectivity index (χ4v) is 4.30. The van der Waals surface area contributed by atoms with E-state index in [1.54, 1.807) is 6.08 Å². The predicted octanol–water partition coefficient (Wildman–Crippen LogP) is 1.68. The first-order valence-electron chi connectivity index (χ1n) is 8.03. The van der Waals surface area contributed by atoms with Crippen LogP contribution in [-0.2, 0) is 4.79 Å². The fraction of sp³-hybridized carbons (Fsp3) is 0.529. The Balaban J connectivity index is 1.72. The van der Waals surface area contributed by atoms with Crippen LogP contribution < -0.4 is 0 Å². The average Bonchev–Trinajstić information content (AvgIpc) is 3.10. The topological polar surface area (TPSA) is 43.9 Å². The molecule has 0 N–H and O–H groups in total. The van der Waals surface area contributed by atoms with Gasteiger partial charge in [-0.05, 0) is 31.3 Å². The normalized spacial score (nSPS) is 21.7. The molecule has 2 fully saturated rings. The van der Waals surface area contributed by atoms with E-state index in [-0.39, 0.29) is 11.8 Å². The standard InChI is InChI=1S/C17H23N3O2S/c1-3-8-20-12-11-18(2)17(16(20)22)6-9-19(10-7-17)15(21)14-5-4-13-23-14/h3-5,13H,1,6-12H2,2H3. The number of hydrogen-bond donors (Lipinski definition) is 0. The van der Waals surface area contributed by atoms with Gasteiger partial charge in [0.2, 0.25) is 5.91 Å². The largest absolute Gasteiger partial charge is 0.338 e. The maximum Gasteiger partial charge on any atom is 0.263 e. The Hall–Kier alpha value is -1.66. The summed E-state index contributed by atoms with van der Waals surface area (Å²) in [7, 11) is 2.03. The number of nitrogens with zero attached hydrogens (tertiary/aromatic N) is 3. The van der Waals surface area contributed by atoms with Crippen molar-refractivity contribution < 1.29 is 9.59 Å². The van der Waals surface area contributed by atoms with Gasteiger partial charge in [-0.3, -0.25) is 14.5 Å². The average molecular weight is 333 g/mol. The van der Waals surface area contributed by atoms with Crippen LogP contribution in [0.4, 0.5) is 0 Å². The zero-order valence-electron chi connectivity index (χ0n) is 13.5. The zero-order chi connectivity index (χ0) is 16.4. The Morgan fingerprint density at radius 1 is 1.35 bits per heavy atom. The third kappa shape index (κ3) is 2.81. The van der Waals surface area contributed by atoms with Crippen LogP contribution in [0.1, 0.15) is 22.5 Å². The number of carbonyl (C=O) groups is 2. The van der Waals surface area contributed by atoms with Gasteiger partial charge in [-0.25, -0.2) is 0 Å². The molecule has 23 heavy (non-hydrogen) atoms. The van der Waals surface area contributed by atoms with Crippen LogP contribution in [0.5, 0.6) is 0 Å². The van der Waals surface area contributed by atoms with Gasteiger partial charge in [0.05, 0.1) is 4.88 Å². The molecular formula is C17H23N3O2S. The molecule has 2 aliphatic heterocycles. The molecule has 1 aromatic rings. The van der Waals surface area contributed by atoms with E-state index in [9.17, 15) is 9.59 Å². The van der Waals surface area contributed by atoms with E-state index in [2.05, 4.69) is 11.5 Å². The van der Waals surface area contributed by atoms with Gasteiger partial charge >= 0.3 is 0 Å². The summed E-state index contributed by atoms with van der Waals surface area (Å²) in [6.07, 6.45) is 3.19. The Labute approximate surface area is 141 Å². The van der Waals surface area contributed by atoms with Crippen LogP contribution >= 0.6 is 11.3 Å². The summed E-state index contributed by atoms with van der Waals surface area (Å²) in [5, 5.41) is 1.92. The van der Waals surface area contributed by atoms with Crippen molar-refractivity contribution in [2.24, 2.45) is 0 Å². The number of piperidine rings is 1. The zero-order valence-corrected chi connectivity index (χ0v) is 14.3. The summed E-state index contributed by atoms with van der Waals surface area (Å²) in [4.78, 5) is 32.1. The highest BCUT2D eigenvalue weighted by Crippen LogP contribution is 2.33. The van der Waals surface area contributed by atoms with Crippen LogP contribution in [-0.4, -0.2) is 71.8 Å². The third-order valence-electron chi connectivity index (χ3n) is 5.08. The Morgan fingerprint density at radius 2 is 2.09 bits per heavy atom. The minimum atomic E-state index is -0.451. The molecule has 1 spiro atoms. The number of rotatable bonds is 3. The lowest BCUT2D eigenvalue weighted by molar-refractivity contribution is -0.153. The molecule has 0 radical (unpaired) electrons. The molecule has 2 amide bonds. The van der Waals surface area contributed by atoms with Crippen LogP contribution in [0, 0.1) is 0 Å². The second kappa shape index (κ2) is 6.45. The van der Waals surface area contributed by atoms with Gasteiger partial charge in [-0.2, -0.15) is 0 Å². The quantitative estimate of drug-likeness (QED) is 0.791. The van der Waals surface area contributed by atoms with Gasteiger partial charge in [-0.15, -0.1) is 17.9 Å². The summed E-state index contributed by atoms with van der Waals surface area (Å²) in [5.41, 5.74) is -0.451. The minimum Gasteiger partial charge on any atom is -0.338 e. The lowest BCUT2D eigenvalue weighted by Gasteiger charge is -2.51. The molecule has 2 saturated heterocycles. The Bertz CT molecular complexity index is 591. The number of amides is 2.